The molecule has 0 radical (unpaired) electrons. The van der Waals surface area contributed by atoms with Gasteiger partial charge in [0.2, 0.25) is 5.91 Å². The molecule has 0 aromatic heterocycles. The smallest absolute Gasteiger partial charge is 0.224 e. The molecule has 1 heterocycles. The van der Waals surface area contributed by atoms with Gasteiger partial charge >= 0.3 is 0 Å². The Morgan fingerprint density at radius 1 is 0.674 bits per heavy atom. The number of ketones is 1. The molecule has 4 aromatic rings. The van der Waals surface area contributed by atoms with Crippen molar-refractivity contribution >= 4 is 45.8 Å². The molecule has 222 valence electrons. The number of nitrogen functional groups attached to an aromatic ring is 3. The number of Topliss-reactive ketones (excluding diaryl/α,β-unsaturated/α-hetero) is 1. The van der Waals surface area contributed by atoms with Crippen molar-refractivity contribution in [1.82, 2.24) is 0 Å². The van der Waals surface area contributed by atoms with Crippen molar-refractivity contribution in [2.24, 2.45) is 10.2 Å². The van der Waals surface area contributed by atoms with E-state index in [2.05, 4.69) is 15.5 Å². The minimum Gasteiger partial charge on any atom is -0.508 e. The van der Waals surface area contributed by atoms with Gasteiger partial charge in [0.15, 0.2) is 0 Å². The molecule has 1 amide bonds. The van der Waals surface area contributed by atoms with Gasteiger partial charge in [0, 0.05) is 48.5 Å². The number of nitrogens with one attached hydrogen (secondary N) is 1. The molecule has 0 unspecified atom stereocenters. The number of benzene rings is 4. The number of carbonyl (C=O) groups excluding carboxylic acids is 2. The number of aryl methyl sites for hydroxylation is 4. The van der Waals surface area contributed by atoms with Gasteiger partial charge in [-0.05, 0) is 97.0 Å². The number of nitrogens with two attached hydrogens (primary N) is 3. The summed E-state index contributed by atoms with van der Waals surface area (Å²) in [7, 11) is 0. The van der Waals surface area contributed by atoms with E-state index in [-0.39, 0.29) is 17.4 Å². The summed E-state index contributed by atoms with van der Waals surface area (Å²) >= 11 is 0. The fourth-order valence-electron chi connectivity index (χ4n) is 4.58. The van der Waals surface area contributed by atoms with Gasteiger partial charge in [-0.25, -0.2) is 0 Å². The first-order valence-electron chi connectivity index (χ1n) is 13.9. The highest BCUT2D eigenvalue weighted by Crippen LogP contribution is 2.32. The van der Waals surface area contributed by atoms with Crippen LogP contribution in [0.2, 0.25) is 0 Å². The maximum absolute atomic E-state index is 11.3. The van der Waals surface area contributed by atoms with E-state index in [9.17, 15) is 14.7 Å². The molecule has 6 rings (SSSR count). The Hall–Kier alpha value is -5.38. The van der Waals surface area contributed by atoms with Crippen LogP contribution in [0.25, 0.3) is 0 Å². The predicted octanol–water partition coefficient (Wildman–Crippen LogP) is 6.19. The van der Waals surface area contributed by atoms with E-state index >= 15 is 0 Å². The minimum atomic E-state index is 0.0363. The molecule has 1 aliphatic carbocycles. The van der Waals surface area contributed by atoms with E-state index in [1.165, 1.54) is 17.7 Å². The number of carbonyl (C=O) groups is 2. The fraction of sp³-hybridized carbons (Fsp3) is 0.212. The zero-order chi connectivity index (χ0) is 31.1. The molecule has 0 atom stereocenters. The van der Waals surface area contributed by atoms with Crippen LogP contribution in [-0.4, -0.2) is 21.9 Å². The van der Waals surface area contributed by atoms with Crippen LogP contribution in [0.3, 0.4) is 0 Å². The Morgan fingerprint density at radius 2 is 1.37 bits per heavy atom. The molecule has 10 heteroatoms. The van der Waals surface area contributed by atoms with Crippen LogP contribution in [0, 0.1) is 13.8 Å². The van der Waals surface area contributed by atoms with Crippen LogP contribution in [0.4, 0.5) is 34.1 Å². The second-order valence-corrected chi connectivity index (χ2v) is 10.6. The van der Waals surface area contributed by atoms with Crippen molar-refractivity contribution in [3.63, 3.8) is 0 Å². The number of azo groups is 1. The third kappa shape index (κ3) is 8.32. The molecule has 0 saturated carbocycles. The highest BCUT2D eigenvalue weighted by molar-refractivity contribution is 5.94. The Labute approximate surface area is 250 Å². The molecular weight excluding hydrogens is 544 g/mol. The van der Waals surface area contributed by atoms with Crippen molar-refractivity contribution in [2.45, 2.75) is 46.0 Å². The van der Waals surface area contributed by atoms with Gasteiger partial charge in [-0.1, -0.05) is 12.1 Å². The number of amides is 1. The second-order valence-electron chi connectivity index (χ2n) is 10.6. The summed E-state index contributed by atoms with van der Waals surface area (Å²) in [4.78, 5) is 22.4. The summed E-state index contributed by atoms with van der Waals surface area (Å²) < 4.78 is 0. The number of aromatic hydroxyl groups is 2. The van der Waals surface area contributed by atoms with E-state index in [4.69, 9.17) is 22.3 Å². The third-order valence-electron chi connectivity index (χ3n) is 7.13. The third-order valence-corrected chi connectivity index (χ3v) is 7.13. The standard InChI is InChI=1S/C16H16N4O2.C10H11NO.C7H9NO/c1-9-6-14(12(17)8-15(9)21)20-19-11-3-4-13-10(7-11)2-5-16(22)18-13;11-9-3-1-8-6-10(12)4-2-7(8)5-9;1-5-2-3-6(8)4-7(5)9/h3-4,6-8,21H,2,5,17H2,1H3,(H,18,22);1,3,5H,2,4,6,11H2;2-4,9H,8H2,1H3. The van der Waals surface area contributed by atoms with Crippen LogP contribution >= 0.6 is 0 Å². The number of hydrogen-bond donors (Lipinski definition) is 6. The normalized spacial score (nSPS) is 13.5. The number of nitrogens with zero attached hydrogens (tertiary/aromatic N) is 2. The van der Waals surface area contributed by atoms with Gasteiger partial charge in [0.25, 0.3) is 0 Å². The van der Waals surface area contributed by atoms with Crippen molar-refractivity contribution < 1.29 is 19.8 Å². The molecule has 1 aliphatic heterocycles. The van der Waals surface area contributed by atoms with E-state index < -0.39 is 0 Å². The molecule has 4 aromatic carbocycles. The first-order chi connectivity index (χ1) is 20.5. The maximum Gasteiger partial charge on any atom is 0.224 e. The maximum atomic E-state index is 11.3. The summed E-state index contributed by atoms with van der Waals surface area (Å²) in [6.07, 6.45) is 3.31. The topological polar surface area (TPSA) is 189 Å². The van der Waals surface area contributed by atoms with Crippen molar-refractivity contribution in [3.05, 3.63) is 94.5 Å². The van der Waals surface area contributed by atoms with Crippen molar-refractivity contribution in [3.8, 4) is 11.5 Å². The SMILES string of the molecule is Cc1cc(N=Nc2ccc3c(c2)CCC(=O)N3)c(N)cc1O.Cc1ccc(N)cc1O.Nc1ccc2c(c1)CCC(=O)C2. The lowest BCUT2D eigenvalue weighted by molar-refractivity contribution is -0.119. The van der Waals surface area contributed by atoms with E-state index in [0.717, 1.165) is 34.5 Å². The molecule has 0 saturated heterocycles. The highest BCUT2D eigenvalue weighted by Gasteiger charge is 2.15. The average molecular weight is 581 g/mol. The molecule has 0 spiro atoms. The molecule has 43 heavy (non-hydrogen) atoms. The second kappa shape index (κ2) is 13.5. The Bertz CT molecular complexity index is 1700. The van der Waals surface area contributed by atoms with Crippen molar-refractivity contribution in [1.29, 1.82) is 0 Å². The lowest BCUT2D eigenvalue weighted by atomic mass is 9.91. The van der Waals surface area contributed by atoms with Crippen LogP contribution in [0.15, 0.2) is 77.0 Å². The lowest BCUT2D eigenvalue weighted by Gasteiger charge is -2.16. The summed E-state index contributed by atoms with van der Waals surface area (Å²) in [5, 5.41) is 29.8. The van der Waals surface area contributed by atoms with Crippen LogP contribution in [0.5, 0.6) is 11.5 Å². The molecule has 10 nitrogen and oxygen atoms in total. The molecule has 9 N–H and O–H groups in total. The zero-order valence-electron chi connectivity index (χ0n) is 24.2. The van der Waals surface area contributed by atoms with Crippen LogP contribution in [-0.2, 0) is 28.9 Å². The van der Waals surface area contributed by atoms with Crippen LogP contribution in [0.1, 0.15) is 40.7 Å². The van der Waals surface area contributed by atoms with E-state index in [1.54, 1.807) is 31.2 Å². The number of rotatable bonds is 2. The first-order valence-corrected chi connectivity index (χ1v) is 13.9. The summed E-state index contributed by atoms with van der Waals surface area (Å²) in [6, 6.07) is 19.5. The molecule has 0 fully saturated rings. The average Bonchev–Trinajstić information content (AvgIpc) is 2.97. The summed E-state index contributed by atoms with van der Waals surface area (Å²) in [5.41, 5.74) is 25.6. The molecule has 0 bridgehead atoms. The minimum absolute atomic E-state index is 0.0363. The summed E-state index contributed by atoms with van der Waals surface area (Å²) in [6.45, 7) is 3.60. The highest BCUT2D eigenvalue weighted by atomic mass is 16.3. The molecular formula is C33H36N6O4. The van der Waals surface area contributed by atoms with Crippen molar-refractivity contribution in [2.75, 3.05) is 22.5 Å². The number of phenolic OH excluding ortho intramolecular Hbond substituents is 2. The van der Waals surface area contributed by atoms with Gasteiger partial charge in [0.05, 0.1) is 11.4 Å². The zero-order valence-corrected chi connectivity index (χ0v) is 24.2. The molecule has 2 aliphatic rings. The number of phenols is 2. The van der Waals surface area contributed by atoms with Gasteiger partial charge in [0.1, 0.15) is 23.0 Å². The Balaban J connectivity index is 0.000000168. The van der Waals surface area contributed by atoms with Gasteiger partial charge in [-0.15, -0.1) is 5.11 Å². The van der Waals surface area contributed by atoms with E-state index in [1.807, 2.05) is 37.3 Å². The predicted molar refractivity (Wildman–Crippen MR) is 170 cm³/mol. The van der Waals surface area contributed by atoms with E-state index in [0.29, 0.717) is 59.8 Å². The van der Waals surface area contributed by atoms with Gasteiger partial charge < -0.3 is 32.7 Å². The largest absolute Gasteiger partial charge is 0.508 e. The number of hydrogen-bond acceptors (Lipinski definition) is 9. The van der Waals surface area contributed by atoms with Gasteiger partial charge in [-0.2, -0.15) is 5.11 Å². The quantitative estimate of drug-likeness (QED) is 0.120. The number of fused-ring (bicyclic) bond motifs is 2. The fourth-order valence-corrected chi connectivity index (χ4v) is 4.58. The van der Waals surface area contributed by atoms with Gasteiger partial charge in [-0.3, -0.25) is 9.59 Å². The Morgan fingerprint density at radius 3 is 2.12 bits per heavy atom. The monoisotopic (exact) mass is 580 g/mol. The first kappa shape index (κ1) is 30.6. The lowest BCUT2D eigenvalue weighted by Crippen LogP contribution is -2.18. The Kier molecular flexibility index (Phi) is 9.61. The number of anilines is 4. The summed E-state index contributed by atoms with van der Waals surface area (Å²) in [5.74, 6) is 0.775. The van der Waals surface area contributed by atoms with Crippen LogP contribution < -0.4 is 22.5 Å².